The first-order valence-corrected chi connectivity index (χ1v) is 5.76. The van der Waals surface area contributed by atoms with Gasteiger partial charge in [-0.1, -0.05) is 6.92 Å². The lowest BCUT2D eigenvalue weighted by molar-refractivity contribution is 0.0936. The largest absolute Gasteiger partial charge is 0.397 e. The molecule has 0 bridgehead atoms. The average Bonchev–Trinajstić information content (AvgIpc) is 2.96. The molecule has 1 aliphatic carbocycles. The van der Waals surface area contributed by atoms with E-state index in [9.17, 15) is 4.79 Å². The summed E-state index contributed by atoms with van der Waals surface area (Å²) in [6.45, 7) is 2.97. The van der Waals surface area contributed by atoms with Crippen molar-refractivity contribution in [3.05, 3.63) is 18.0 Å². The summed E-state index contributed by atoms with van der Waals surface area (Å²) in [5.74, 6) is -0.0288. The van der Waals surface area contributed by atoms with Crippen molar-refractivity contribution in [1.82, 2.24) is 9.88 Å². The van der Waals surface area contributed by atoms with Gasteiger partial charge in [-0.25, -0.2) is 0 Å². The second kappa shape index (κ2) is 3.85. The SMILES string of the molecule is CCC1(CNC(=O)c2cc(N)cn2C)CC1. The van der Waals surface area contributed by atoms with Gasteiger partial charge in [-0.3, -0.25) is 4.79 Å². The van der Waals surface area contributed by atoms with Crippen LogP contribution < -0.4 is 11.1 Å². The third-order valence-electron chi connectivity index (χ3n) is 3.59. The molecule has 0 atom stereocenters. The van der Waals surface area contributed by atoms with Crippen LogP contribution in [0.5, 0.6) is 0 Å². The normalized spacial score (nSPS) is 17.1. The molecule has 1 saturated carbocycles. The molecular formula is C12H19N3O. The second-order valence-corrected chi connectivity index (χ2v) is 4.81. The zero-order valence-corrected chi connectivity index (χ0v) is 9.92. The Morgan fingerprint density at radius 3 is 2.75 bits per heavy atom. The van der Waals surface area contributed by atoms with Gasteiger partial charge in [0.2, 0.25) is 0 Å². The minimum absolute atomic E-state index is 0.0288. The number of hydrogen-bond acceptors (Lipinski definition) is 2. The molecule has 0 spiro atoms. The van der Waals surface area contributed by atoms with E-state index in [1.807, 2.05) is 7.05 Å². The molecule has 1 heterocycles. The number of nitrogens with two attached hydrogens (primary N) is 1. The fourth-order valence-corrected chi connectivity index (χ4v) is 2.01. The molecule has 3 N–H and O–H groups in total. The summed E-state index contributed by atoms with van der Waals surface area (Å²) in [6, 6.07) is 1.71. The van der Waals surface area contributed by atoms with Crippen molar-refractivity contribution in [1.29, 1.82) is 0 Å². The molecule has 88 valence electrons. The lowest BCUT2D eigenvalue weighted by Crippen LogP contribution is -2.31. The number of nitrogens with one attached hydrogen (secondary N) is 1. The number of nitrogens with zero attached hydrogens (tertiary/aromatic N) is 1. The van der Waals surface area contributed by atoms with E-state index in [2.05, 4.69) is 12.2 Å². The molecule has 16 heavy (non-hydrogen) atoms. The van der Waals surface area contributed by atoms with Gasteiger partial charge in [-0.05, 0) is 30.7 Å². The molecular weight excluding hydrogens is 202 g/mol. The second-order valence-electron chi connectivity index (χ2n) is 4.81. The van der Waals surface area contributed by atoms with Crippen LogP contribution in [0.4, 0.5) is 5.69 Å². The number of amides is 1. The van der Waals surface area contributed by atoms with Gasteiger partial charge in [0.05, 0.1) is 5.69 Å². The van der Waals surface area contributed by atoms with Crippen molar-refractivity contribution in [3.8, 4) is 0 Å². The molecule has 2 rings (SSSR count). The van der Waals surface area contributed by atoms with Crippen LogP contribution in [0, 0.1) is 5.41 Å². The number of anilines is 1. The van der Waals surface area contributed by atoms with E-state index in [1.165, 1.54) is 12.8 Å². The Morgan fingerprint density at radius 1 is 1.62 bits per heavy atom. The number of hydrogen-bond donors (Lipinski definition) is 2. The average molecular weight is 221 g/mol. The lowest BCUT2D eigenvalue weighted by Gasteiger charge is -2.13. The first-order valence-electron chi connectivity index (χ1n) is 5.76. The number of aromatic nitrogens is 1. The van der Waals surface area contributed by atoms with Gasteiger partial charge in [-0.15, -0.1) is 0 Å². The fourth-order valence-electron chi connectivity index (χ4n) is 2.01. The third kappa shape index (κ3) is 2.05. The highest BCUT2D eigenvalue weighted by atomic mass is 16.1. The van der Waals surface area contributed by atoms with E-state index in [1.54, 1.807) is 16.8 Å². The molecule has 1 fully saturated rings. The van der Waals surface area contributed by atoms with E-state index in [0.29, 0.717) is 16.8 Å². The number of rotatable bonds is 4. The smallest absolute Gasteiger partial charge is 0.267 e. The van der Waals surface area contributed by atoms with Crippen LogP contribution >= 0.6 is 0 Å². The lowest BCUT2D eigenvalue weighted by atomic mass is 10.0. The van der Waals surface area contributed by atoms with Gasteiger partial charge < -0.3 is 15.6 Å². The van der Waals surface area contributed by atoms with Crippen LogP contribution in [0.15, 0.2) is 12.3 Å². The van der Waals surface area contributed by atoms with E-state index in [0.717, 1.165) is 13.0 Å². The molecule has 0 aliphatic heterocycles. The monoisotopic (exact) mass is 221 g/mol. The summed E-state index contributed by atoms with van der Waals surface area (Å²) in [7, 11) is 1.83. The van der Waals surface area contributed by atoms with Gasteiger partial charge in [0.25, 0.3) is 5.91 Å². The molecule has 0 unspecified atom stereocenters. The summed E-state index contributed by atoms with van der Waals surface area (Å²) in [5.41, 5.74) is 7.28. The summed E-state index contributed by atoms with van der Waals surface area (Å²) in [4.78, 5) is 11.9. The highest BCUT2D eigenvalue weighted by Crippen LogP contribution is 2.47. The maximum absolute atomic E-state index is 11.9. The molecule has 0 radical (unpaired) electrons. The minimum atomic E-state index is -0.0288. The van der Waals surface area contributed by atoms with E-state index in [-0.39, 0.29) is 5.91 Å². The van der Waals surface area contributed by atoms with Gasteiger partial charge in [0.1, 0.15) is 5.69 Å². The number of carbonyl (C=O) groups excluding carboxylic acids is 1. The number of aryl methyl sites for hydroxylation is 1. The summed E-state index contributed by atoms with van der Waals surface area (Å²) in [5, 5.41) is 2.99. The molecule has 4 nitrogen and oxygen atoms in total. The summed E-state index contributed by atoms with van der Waals surface area (Å²) < 4.78 is 1.76. The van der Waals surface area contributed by atoms with Gasteiger partial charge >= 0.3 is 0 Å². The van der Waals surface area contributed by atoms with Gasteiger partial charge in [-0.2, -0.15) is 0 Å². The zero-order chi connectivity index (χ0) is 11.8. The van der Waals surface area contributed by atoms with Crippen molar-refractivity contribution >= 4 is 11.6 Å². The molecule has 1 aromatic heterocycles. The Morgan fingerprint density at radius 2 is 2.31 bits per heavy atom. The first-order chi connectivity index (χ1) is 7.56. The van der Waals surface area contributed by atoms with Gasteiger partial charge in [0, 0.05) is 19.8 Å². The van der Waals surface area contributed by atoms with Crippen molar-refractivity contribution in [2.45, 2.75) is 26.2 Å². The Balaban J connectivity index is 1.96. The highest BCUT2D eigenvalue weighted by Gasteiger charge is 2.40. The van der Waals surface area contributed by atoms with E-state index in [4.69, 9.17) is 5.73 Å². The quantitative estimate of drug-likeness (QED) is 0.810. The van der Waals surface area contributed by atoms with E-state index < -0.39 is 0 Å². The molecule has 0 aromatic carbocycles. The van der Waals surface area contributed by atoms with Crippen LogP contribution in [0.1, 0.15) is 36.7 Å². The Kier molecular flexibility index (Phi) is 2.66. The van der Waals surface area contributed by atoms with Crippen LogP contribution in [-0.4, -0.2) is 17.0 Å². The van der Waals surface area contributed by atoms with Crippen LogP contribution in [0.2, 0.25) is 0 Å². The summed E-state index contributed by atoms with van der Waals surface area (Å²) >= 11 is 0. The van der Waals surface area contributed by atoms with Crippen molar-refractivity contribution < 1.29 is 4.79 Å². The maximum Gasteiger partial charge on any atom is 0.267 e. The number of carbonyl (C=O) groups is 1. The standard InChI is InChI=1S/C12H19N3O/c1-3-12(4-5-12)8-14-11(16)10-6-9(13)7-15(10)2/h6-7H,3-5,8,13H2,1-2H3,(H,14,16). The predicted molar refractivity (Wildman–Crippen MR) is 64.1 cm³/mol. The van der Waals surface area contributed by atoms with Crippen LogP contribution in [0.3, 0.4) is 0 Å². The minimum Gasteiger partial charge on any atom is -0.397 e. The van der Waals surface area contributed by atoms with Crippen molar-refractivity contribution in [3.63, 3.8) is 0 Å². The third-order valence-corrected chi connectivity index (χ3v) is 3.59. The Bertz CT molecular complexity index is 404. The molecule has 1 aromatic rings. The van der Waals surface area contributed by atoms with Crippen molar-refractivity contribution in [2.75, 3.05) is 12.3 Å². The fraction of sp³-hybridized carbons (Fsp3) is 0.583. The Labute approximate surface area is 95.8 Å². The van der Waals surface area contributed by atoms with Gasteiger partial charge in [0.15, 0.2) is 0 Å². The molecule has 1 amide bonds. The summed E-state index contributed by atoms with van der Waals surface area (Å²) in [6.07, 6.45) is 5.36. The van der Waals surface area contributed by atoms with Crippen LogP contribution in [0.25, 0.3) is 0 Å². The van der Waals surface area contributed by atoms with Crippen LogP contribution in [-0.2, 0) is 7.05 Å². The van der Waals surface area contributed by atoms with Crippen molar-refractivity contribution in [2.24, 2.45) is 12.5 Å². The predicted octanol–water partition coefficient (Wildman–Crippen LogP) is 1.53. The Hall–Kier alpha value is -1.45. The number of nitrogen functional groups attached to an aromatic ring is 1. The first kappa shape index (κ1) is 11.0. The maximum atomic E-state index is 11.9. The molecule has 0 saturated heterocycles. The van der Waals surface area contributed by atoms with E-state index >= 15 is 0 Å². The molecule has 4 heteroatoms. The topological polar surface area (TPSA) is 60.1 Å². The highest BCUT2D eigenvalue weighted by molar-refractivity contribution is 5.93. The molecule has 1 aliphatic rings. The zero-order valence-electron chi connectivity index (χ0n) is 9.92.